The first kappa shape index (κ1) is 15.9. The summed E-state index contributed by atoms with van der Waals surface area (Å²) in [6.07, 6.45) is 1.30. The number of hydrogen-bond donors (Lipinski definition) is 1. The zero-order valence-electron chi connectivity index (χ0n) is 13.9. The van der Waals surface area contributed by atoms with Crippen molar-refractivity contribution in [3.63, 3.8) is 0 Å². The van der Waals surface area contributed by atoms with Gasteiger partial charge in [0.25, 0.3) is 0 Å². The summed E-state index contributed by atoms with van der Waals surface area (Å²) in [5.41, 5.74) is 0.910. The number of phenols is 1. The average Bonchev–Trinajstić information content (AvgIpc) is 3.10. The van der Waals surface area contributed by atoms with Crippen LogP contribution in [0.1, 0.15) is 26.3 Å². The van der Waals surface area contributed by atoms with Gasteiger partial charge in [-0.1, -0.05) is 36.4 Å². The van der Waals surface area contributed by atoms with E-state index in [9.17, 15) is 14.7 Å². The van der Waals surface area contributed by atoms with Crippen LogP contribution in [0, 0.1) is 0 Å². The van der Waals surface area contributed by atoms with Gasteiger partial charge in [0, 0.05) is 10.9 Å². The highest BCUT2D eigenvalue weighted by molar-refractivity contribution is 6.21. The van der Waals surface area contributed by atoms with Gasteiger partial charge in [0.1, 0.15) is 23.2 Å². The van der Waals surface area contributed by atoms with Crippen LogP contribution in [0.15, 0.2) is 65.3 Å². The van der Waals surface area contributed by atoms with E-state index in [1.165, 1.54) is 25.5 Å². The van der Waals surface area contributed by atoms with E-state index in [0.717, 1.165) is 10.8 Å². The molecule has 0 aliphatic rings. The molecular formula is C21H14O5. The van der Waals surface area contributed by atoms with Crippen LogP contribution in [-0.2, 0) is 4.74 Å². The molecule has 0 saturated heterocycles. The summed E-state index contributed by atoms with van der Waals surface area (Å²) in [6.45, 7) is 0. The molecule has 0 fully saturated rings. The molecule has 5 nitrogen and oxygen atoms in total. The number of ether oxygens (including phenoxy) is 1. The maximum Gasteiger partial charge on any atom is 0.342 e. The van der Waals surface area contributed by atoms with Gasteiger partial charge < -0.3 is 14.3 Å². The standard InChI is InChI=1S/C21H14O5/c1-25-21(24)19-16(22)8-9-17-18(19)15(11-26-17)20(23)14-7-6-12-4-2-3-5-13(12)10-14/h2-11,22H,1H3. The summed E-state index contributed by atoms with van der Waals surface area (Å²) in [5, 5.41) is 12.3. The minimum Gasteiger partial charge on any atom is -0.507 e. The van der Waals surface area contributed by atoms with Crippen molar-refractivity contribution < 1.29 is 23.8 Å². The number of phenolic OH excluding ortho intramolecular Hbond substituents is 1. The zero-order chi connectivity index (χ0) is 18.3. The van der Waals surface area contributed by atoms with E-state index in [1.807, 2.05) is 30.3 Å². The number of methoxy groups -OCH3 is 1. The third kappa shape index (κ3) is 2.41. The second-order valence-electron chi connectivity index (χ2n) is 5.86. The lowest BCUT2D eigenvalue weighted by atomic mass is 9.97. The Bertz CT molecular complexity index is 1170. The molecule has 5 heteroatoms. The molecule has 4 aromatic rings. The first-order valence-corrected chi connectivity index (χ1v) is 7.95. The molecule has 26 heavy (non-hydrogen) atoms. The van der Waals surface area contributed by atoms with Crippen LogP contribution in [0.3, 0.4) is 0 Å². The summed E-state index contributed by atoms with van der Waals surface area (Å²) in [7, 11) is 1.21. The molecule has 0 atom stereocenters. The second-order valence-corrected chi connectivity index (χ2v) is 5.86. The fourth-order valence-corrected chi connectivity index (χ4v) is 3.08. The summed E-state index contributed by atoms with van der Waals surface area (Å²) in [4.78, 5) is 25.1. The van der Waals surface area contributed by atoms with Crippen LogP contribution in [0.5, 0.6) is 5.75 Å². The molecule has 1 heterocycles. The Hall–Kier alpha value is -3.60. The number of carbonyl (C=O) groups excluding carboxylic acids is 2. The molecule has 0 aliphatic carbocycles. The molecule has 0 saturated carbocycles. The maximum absolute atomic E-state index is 13.0. The SMILES string of the molecule is COC(=O)c1c(O)ccc2occ(C(=O)c3ccc4ccccc4c3)c12. The number of ketones is 1. The van der Waals surface area contributed by atoms with E-state index in [4.69, 9.17) is 9.15 Å². The number of benzene rings is 3. The van der Waals surface area contributed by atoms with E-state index >= 15 is 0 Å². The molecule has 1 aromatic heterocycles. The Balaban J connectivity index is 1.91. The maximum atomic E-state index is 13.0. The molecule has 128 valence electrons. The molecular weight excluding hydrogens is 332 g/mol. The Morgan fingerprint density at radius 3 is 2.54 bits per heavy atom. The molecule has 3 aromatic carbocycles. The van der Waals surface area contributed by atoms with Crippen LogP contribution >= 0.6 is 0 Å². The average molecular weight is 346 g/mol. The Kier molecular flexibility index (Phi) is 3.69. The van der Waals surface area contributed by atoms with Gasteiger partial charge in [0.15, 0.2) is 5.78 Å². The van der Waals surface area contributed by atoms with Gasteiger partial charge in [0.05, 0.1) is 12.7 Å². The highest BCUT2D eigenvalue weighted by atomic mass is 16.5. The van der Waals surface area contributed by atoms with E-state index in [0.29, 0.717) is 11.1 Å². The number of fused-ring (bicyclic) bond motifs is 2. The fourth-order valence-electron chi connectivity index (χ4n) is 3.08. The predicted molar refractivity (Wildman–Crippen MR) is 96.6 cm³/mol. The quantitative estimate of drug-likeness (QED) is 0.442. The van der Waals surface area contributed by atoms with Crippen LogP contribution in [0.4, 0.5) is 0 Å². The lowest BCUT2D eigenvalue weighted by molar-refractivity contribution is 0.0600. The first-order chi connectivity index (χ1) is 12.6. The zero-order valence-corrected chi connectivity index (χ0v) is 13.9. The number of furan rings is 1. The van der Waals surface area contributed by atoms with Crippen LogP contribution in [0.2, 0.25) is 0 Å². The van der Waals surface area contributed by atoms with E-state index in [2.05, 4.69) is 0 Å². The molecule has 1 N–H and O–H groups in total. The van der Waals surface area contributed by atoms with Gasteiger partial charge in [-0.05, 0) is 29.0 Å². The smallest absolute Gasteiger partial charge is 0.342 e. The highest BCUT2D eigenvalue weighted by Crippen LogP contribution is 2.33. The van der Waals surface area contributed by atoms with Crippen LogP contribution in [0.25, 0.3) is 21.7 Å². The first-order valence-electron chi connectivity index (χ1n) is 7.95. The topological polar surface area (TPSA) is 76.7 Å². The normalized spacial score (nSPS) is 11.0. The Morgan fingerprint density at radius 2 is 1.77 bits per heavy atom. The van der Waals surface area contributed by atoms with Crippen molar-refractivity contribution in [3.05, 3.63) is 77.6 Å². The number of rotatable bonds is 3. The summed E-state index contributed by atoms with van der Waals surface area (Å²) in [5.74, 6) is -1.30. The van der Waals surface area contributed by atoms with E-state index < -0.39 is 5.97 Å². The third-order valence-electron chi connectivity index (χ3n) is 4.36. The molecule has 0 spiro atoms. The summed E-state index contributed by atoms with van der Waals surface area (Å²) < 4.78 is 10.2. The number of aromatic hydroxyl groups is 1. The predicted octanol–water partition coefficient (Wildman–Crippen LogP) is 4.31. The largest absolute Gasteiger partial charge is 0.507 e. The van der Waals surface area contributed by atoms with Gasteiger partial charge in [0.2, 0.25) is 0 Å². The van der Waals surface area contributed by atoms with Crippen LogP contribution in [-0.4, -0.2) is 24.0 Å². The fraction of sp³-hybridized carbons (Fsp3) is 0.0476. The number of carbonyl (C=O) groups is 2. The molecule has 0 bridgehead atoms. The van der Waals surface area contributed by atoms with Gasteiger partial charge in [-0.2, -0.15) is 0 Å². The lowest BCUT2D eigenvalue weighted by Crippen LogP contribution is -2.06. The molecule has 0 radical (unpaired) electrons. The van der Waals surface area contributed by atoms with Crippen molar-refractivity contribution in [3.8, 4) is 5.75 Å². The second kappa shape index (κ2) is 6.04. The molecule has 0 amide bonds. The molecule has 0 aliphatic heterocycles. The van der Waals surface area contributed by atoms with Crippen molar-refractivity contribution in [1.82, 2.24) is 0 Å². The van der Waals surface area contributed by atoms with E-state index in [-0.39, 0.29) is 28.0 Å². The number of esters is 1. The minimum atomic E-state index is -0.734. The third-order valence-corrected chi connectivity index (χ3v) is 4.36. The summed E-state index contributed by atoms with van der Waals surface area (Å²) in [6, 6.07) is 15.9. The van der Waals surface area contributed by atoms with Crippen molar-refractivity contribution in [2.75, 3.05) is 7.11 Å². The van der Waals surface area contributed by atoms with Gasteiger partial charge in [-0.3, -0.25) is 4.79 Å². The van der Waals surface area contributed by atoms with Gasteiger partial charge in [-0.25, -0.2) is 4.79 Å². The molecule has 4 rings (SSSR count). The Morgan fingerprint density at radius 1 is 1.00 bits per heavy atom. The van der Waals surface area contributed by atoms with E-state index in [1.54, 1.807) is 12.1 Å². The minimum absolute atomic E-state index is 0.0807. The van der Waals surface area contributed by atoms with Crippen molar-refractivity contribution in [2.45, 2.75) is 0 Å². The summed E-state index contributed by atoms with van der Waals surface area (Å²) >= 11 is 0. The Labute approximate surface area is 148 Å². The monoisotopic (exact) mass is 346 g/mol. The van der Waals surface area contributed by atoms with Crippen molar-refractivity contribution in [1.29, 1.82) is 0 Å². The van der Waals surface area contributed by atoms with Crippen LogP contribution < -0.4 is 0 Å². The van der Waals surface area contributed by atoms with Gasteiger partial charge in [-0.15, -0.1) is 0 Å². The lowest BCUT2D eigenvalue weighted by Gasteiger charge is -2.06. The van der Waals surface area contributed by atoms with Gasteiger partial charge >= 0.3 is 5.97 Å². The molecule has 0 unspecified atom stereocenters. The number of hydrogen-bond acceptors (Lipinski definition) is 5. The van der Waals surface area contributed by atoms with Crippen molar-refractivity contribution in [2.24, 2.45) is 0 Å². The highest BCUT2D eigenvalue weighted by Gasteiger charge is 2.24. The van der Waals surface area contributed by atoms with Crippen molar-refractivity contribution >= 4 is 33.5 Å².